The van der Waals surface area contributed by atoms with Gasteiger partial charge in [-0.25, -0.2) is 0 Å². The fraction of sp³-hybridized carbons (Fsp3) is 0.385. The van der Waals surface area contributed by atoms with E-state index in [-0.39, 0.29) is 22.7 Å². The third-order valence-electron chi connectivity index (χ3n) is 7.26. The van der Waals surface area contributed by atoms with Crippen LogP contribution in [0, 0.1) is 24.0 Å². The zero-order valence-electron chi connectivity index (χ0n) is 20.1. The van der Waals surface area contributed by atoms with E-state index >= 15 is 0 Å². The smallest absolute Gasteiger partial charge is 0.296 e. The lowest BCUT2D eigenvalue weighted by atomic mass is 9.95. The van der Waals surface area contributed by atoms with Gasteiger partial charge in [0, 0.05) is 23.6 Å². The topological polar surface area (TPSA) is 85.5 Å². The summed E-state index contributed by atoms with van der Waals surface area (Å²) in [7, 11) is 1.51. The van der Waals surface area contributed by atoms with Crippen molar-refractivity contribution in [3.05, 3.63) is 81.4 Å². The molecule has 35 heavy (non-hydrogen) atoms. The van der Waals surface area contributed by atoms with E-state index < -0.39 is 0 Å². The van der Waals surface area contributed by atoms with Gasteiger partial charge in [-0.2, -0.15) is 0 Å². The van der Waals surface area contributed by atoms with E-state index in [1.807, 2.05) is 36.6 Å². The standard InChI is InChI=1S/C26H29N5O3S/c1-16-14-20(17(2)29(16)22-12-11-19(34-3)15-23(22)31(32)33)25-24(21-10-6-7-13-27-21)28-26(35)30(25)18-8-4-5-9-18/h6-7,10-15,18,24-25H,4-5,8-9H2,1-3H3,(H,28,35)/t24-,25-/m0/s1. The summed E-state index contributed by atoms with van der Waals surface area (Å²) in [5.74, 6) is 0.455. The van der Waals surface area contributed by atoms with Crippen molar-refractivity contribution in [3.63, 3.8) is 0 Å². The highest BCUT2D eigenvalue weighted by Gasteiger charge is 2.45. The van der Waals surface area contributed by atoms with Gasteiger partial charge in [0.15, 0.2) is 5.11 Å². The second-order valence-corrected chi connectivity index (χ2v) is 9.63. The Hall–Kier alpha value is -3.46. The molecule has 0 bridgehead atoms. The number of benzene rings is 1. The Morgan fingerprint density at radius 1 is 1.17 bits per heavy atom. The quantitative estimate of drug-likeness (QED) is 0.284. The third kappa shape index (κ3) is 4.03. The van der Waals surface area contributed by atoms with Gasteiger partial charge in [-0.1, -0.05) is 18.9 Å². The molecule has 2 fully saturated rings. The number of nitro benzene ring substituents is 1. The molecule has 1 N–H and O–H groups in total. The predicted octanol–water partition coefficient (Wildman–Crippen LogP) is 5.32. The van der Waals surface area contributed by atoms with Gasteiger partial charge in [0.1, 0.15) is 11.4 Å². The Labute approximate surface area is 210 Å². The van der Waals surface area contributed by atoms with Crippen LogP contribution in [0.15, 0.2) is 48.7 Å². The summed E-state index contributed by atoms with van der Waals surface area (Å²) >= 11 is 5.87. The maximum atomic E-state index is 11.9. The van der Waals surface area contributed by atoms with Crippen molar-refractivity contribution < 1.29 is 9.66 Å². The first-order chi connectivity index (χ1) is 16.9. The monoisotopic (exact) mass is 491 g/mol. The number of hydrogen-bond acceptors (Lipinski definition) is 5. The van der Waals surface area contributed by atoms with E-state index in [2.05, 4.69) is 21.3 Å². The van der Waals surface area contributed by atoms with Crippen molar-refractivity contribution in [1.82, 2.24) is 19.8 Å². The molecule has 5 rings (SSSR count). The van der Waals surface area contributed by atoms with Crippen LogP contribution in [0.25, 0.3) is 5.69 Å². The molecule has 1 saturated heterocycles. The van der Waals surface area contributed by atoms with Crippen molar-refractivity contribution in [1.29, 1.82) is 0 Å². The van der Waals surface area contributed by atoms with Crippen LogP contribution in [-0.4, -0.2) is 37.6 Å². The van der Waals surface area contributed by atoms with Crippen molar-refractivity contribution in [2.45, 2.75) is 57.7 Å². The second kappa shape index (κ2) is 9.30. The molecule has 2 aromatic heterocycles. The number of pyridine rings is 1. The zero-order chi connectivity index (χ0) is 24.7. The summed E-state index contributed by atoms with van der Waals surface area (Å²) in [6, 6.07) is 13.3. The number of nitrogens with one attached hydrogen (secondary N) is 1. The Morgan fingerprint density at radius 2 is 1.94 bits per heavy atom. The highest BCUT2D eigenvalue weighted by atomic mass is 32.1. The van der Waals surface area contributed by atoms with Crippen LogP contribution in [0.3, 0.4) is 0 Å². The average Bonchev–Trinajstić information content (AvgIpc) is 3.57. The molecule has 2 aliphatic rings. The molecule has 1 saturated carbocycles. The molecular weight excluding hydrogens is 462 g/mol. The lowest BCUT2D eigenvalue weighted by Crippen LogP contribution is -2.37. The van der Waals surface area contributed by atoms with Crippen LogP contribution < -0.4 is 10.1 Å². The Kier molecular flexibility index (Phi) is 6.19. The number of methoxy groups -OCH3 is 1. The van der Waals surface area contributed by atoms with Gasteiger partial charge in [0.2, 0.25) is 0 Å². The number of rotatable bonds is 6. The minimum absolute atomic E-state index is 0.00620. The van der Waals surface area contributed by atoms with Crippen LogP contribution >= 0.6 is 12.2 Å². The summed E-state index contributed by atoms with van der Waals surface area (Å²) in [5, 5.41) is 16.2. The minimum Gasteiger partial charge on any atom is -0.496 e. The van der Waals surface area contributed by atoms with Crippen LogP contribution in [0.4, 0.5) is 5.69 Å². The van der Waals surface area contributed by atoms with Crippen LogP contribution in [0.2, 0.25) is 0 Å². The first kappa shape index (κ1) is 23.3. The second-order valence-electron chi connectivity index (χ2n) is 9.25. The van der Waals surface area contributed by atoms with Crippen LogP contribution in [0.5, 0.6) is 5.75 Å². The van der Waals surface area contributed by atoms with Gasteiger partial charge in [0.05, 0.1) is 35.9 Å². The van der Waals surface area contributed by atoms with Gasteiger partial charge < -0.3 is 19.5 Å². The summed E-state index contributed by atoms with van der Waals surface area (Å²) in [4.78, 5) is 18.6. The fourth-order valence-corrected chi connectivity index (χ4v) is 6.09. The number of thiocarbonyl (C=S) groups is 1. The number of aryl methyl sites for hydroxylation is 1. The molecule has 0 spiro atoms. The molecule has 182 valence electrons. The first-order valence-electron chi connectivity index (χ1n) is 11.9. The van der Waals surface area contributed by atoms with E-state index in [1.54, 1.807) is 18.3 Å². The number of aromatic nitrogens is 2. The lowest BCUT2D eigenvalue weighted by molar-refractivity contribution is -0.384. The van der Waals surface area contributed by atoms with Gasteiger partial charge >= 0.3 is 0 Å². The molecule has 1 aliphatic carbocycles. The molecule has 0 amide bonds. The molecule has 3 heterocycles. The number of ether oxygens (including phenoxy) is 1. The zero-order valence-corrected chi connectivity index (χ0v) is 20.9. The molecule has 3 aromatic rings. The van der Waals surface area contributed by atoms with Crippen LogP contribution in [-0.2, 0) is 0 Å². The van der Waals surface area contributed by atoms with Crippen molar-refractivity contribution in [2.24, 2.45) is 0 Å². The van der Waals surface area contributed by atoms with Gasteiger partial charge in [-0.3, -0.25) is 15.1 Å². The van der Waals surface area contributed by atoms with Crippen molar-refractivity contribution in [3.8, 4) is 11.4 Å². The molecule has 1 aliphatic heterocycles. The van der Waals surface area contributed by atoms with E-state index in [0.717, 1.165) is 40.6 Å². The van der Waals surface area contributed by atoms with Gasteiger partial charge in [-0.05, 0) is 74.8 Å². The van der Waals surface area contributed by atoms with Crippen molar-refractivity contribution in [2.75, 3.05) is 7.11 Å². The Bertz CT molecular complexity index is 1270. The first-order valence-corrected chi connectivity index (χ1v) is 12.3. The maximum Gasteiger partial charge on any atom is 0.296 e. The van der Waals surface area contributed by atoms with E-state index in [4.69, 9.17) is 17.0 Å². The lowest BCUT2D eigenvalue weighted by Gasteiger charge is -2.33. The largest absolute Gasteiger partial charge is 0.496 e. The SMILES string of the molecule is COc1ccc(-n2c(C)cc([C@H]3[C@H](c4ccccn4)NC(=S)N3C3CCCC3)c2C)c([N+](=O)[O-])c1. The summed E-state index contributed by atoms with van der Waals surface area (Å²) in [6.07, 6.45) is 6.41. The third-order valence-corrected chi connectivity index (χ3v) is 7.59. The number of nitro groups is 1. The minimum atomic E-state index is -0.357. The molecule has 8 nitrogen and oxygen atoms in total. The summed E-state index contributed by atoms with van der Waals surface area (Å²) in [5.41, 5.74) is 4.44. The highest BCUT2D eigenvalue weighted by Crippen LogP contribution is 2.45. The Morgan fingerprint density at radius 3 is 2.60 bits per heavy atom. The van der Waals surface area contributed by atoms with Crippen molar-refractivity contribution >= 4 is 23.0 Å². The fourth-order valence-electron chi connectivity index (χ4n) is 5.70. The van der Waals surface area contributed by atoms with Crippen LogP contribution in [0.1, 0.15) is 60.4 Å². The molecular formula is C26H29N5O3S. The van der Waals surface area contributed by atoms with E-state index in [9.17, 15) is 10.1 Å². The van der Waals surface area contributed by atoms with E-state index in [0.29, 0.717) is 17.5 Å². The summed E-state index contributed by atoms with van der Waals surface area (Å²) < 4.78 is 7.21. The number of hydrogen-bond donors (Lipinski definition) is 1. The van der Waals surface area contributed by atoms with Gasteiger partial charge in [0.25, 0.3) is 5.69 Å². The molecule has 1 aromatic carbocycles. The predicted molar refractivity (Wildman–Crippen MR) is 138 cm³/mol. The normalized spacial score (nSPS) is 20.3. The summed E-state index contributed by atoms with van der Waals surface area (Å²) in [6.45, 7) is 4.01. The van der Waals surface area contributed by atoms with Gasteiger partial charge in [-0.15, -0.1) is 0 Å². The van der Waals surface area contributed by atoms with E-state index in [1.165, 1.54) is 26.0 Å². The maximum absolute atomic E-state index is 11.9. The molecule has 0 radical (unpaired) electrons. The molecule has 9 heteroatoms. The molecule has 2 atom stereocenters. The molecule has 0 unspecified atom stereocenters. The average molecular weight is 492 g/mol. The highest BCUT2D eigenvalue weighted by molar-refractivity contribution is 7.80. The number of nitrogens with zero attached hydrogens (tertiary/aromatic N) is 4. The Balaban J connectivity index is 1.66.